The van der Waals surface area contributed by atoms with Gasteiger partial charge in [-0.3, -0.25) is 10.1 Å². The molecule has 5 nitrogen and oxygen atoms in total. The average molecular weight is 284 g/mol. The Hall–Kier alpha value is -1.66. The molecule has 1 aromatic carbocycles. The fourth-order valence-electron chi connectivity index (χ4n) is 1.53. The summed E-state index contributed by atoms with van der Waals surface area (Å²) in [5.41, 5.74) is 0.290. The molecule has 0 radical (unpaired) electrons. The highest BCUT2D eigenvalue weighted by molar-refractivity contribution is 7.09. The molecule has 0 saturated heterocycles. The molecule has 0 aliphatic carbocycles. The van der Waals surface area contributed by atoms with E-state index < -0.39 is 4.92 Å². The minimum absolute atomic E-state index is 0.0362. The Labute approximate surface area is 113 Å². The quantitative estimate of drug-likeness (QED) is 0.683. The maximum absolute atomic E-state index is 10.9. The number of aromatic nitrogens is 1. The SMILES string of the molecule is CC(Nc1c(Cl)cccc1[N+](=O)[O-])c1nccs1. The van der Waals surface area contributed by atoms with Crippen LogP contribution in [0.15, 0.2) is 29.8 Å². The number of nitro groups is 1. The molecule has 1 unspecified atom stereocenters. The maximum Gasteiger partial charge on any atom is 0.293 e. The lowest BCUT2D eigenvalue weighted by Gasteiger charge is -2.13. The third-order valence-electron chi connectivity index (χ3n) is 2.37. The first-order chi connectivity index (χ1) is 8.59. The molecule has 94 valence electrons. The van der Waals surface area contributed by atoms with Gasteiger partial charge in [0.15, 0.2) is 0 Å². The van der Waals surface area contributed by atoms with Crippen LogP contribution in [0, 0.1) is 10.1 Å². The molecule has 1 aromatic heterocycles. The van der Waals surface area contributed by atoms with Gasteiger partial charge >= 0.3 is 0 Å². The summed E-state index contributed by atoms with van der Waals surface area (Å²) in [6.45, 7) is 1.88. The molecule has 1 heterocycles. The Bertz CT molecular complexity index is 559. The van der Waals surface area contributed by atoms with Gasteiger partial charge < -0.3 is 5.32 Å². The summed E-state index contributed by atoms with van der Waals surface area (Å²) < 4.78 is 0. The number of para-hydroxylation sites is 1. The van der Waals surface area contributed by atoms with E-state index in [9.17, 15) is 10.1 Å². The van der Waals surface area contributed by atoms with Gasteiger partial charge in [0, 0.05) is 17.6 Å². The number of anilines is 1. The Morgan fingerprint density at radius 3 is 2.94 bits per heavy atom. The molecule has 1 N–H and O–H groups in total. The van der Waals surface area contributed by atoms with Crippen molar-refractivity contribution in [2.75, 3.05) is 5.32 Å². The minimum atomic E-state index is -0.456. The summed E-state index contributed by atoms with van der Waals surface area (Å²) in [6.07, 6.45) is 1.69. The standard InChI is InChI=1S/C11H10ClN3O2S/c1-7(11-13-5-6-18-11)14-10-8(12)3-2-4-9(10)15(16)17/h2-7,14H,1H3. The number of benzene rings is 1. The zero-order valence-electron chi connectivity index (χ0n) is 9.46. The van der Waals surface area contributed by atoms with Crippen molar-refractivity contribution in [1.82, 2.24) is 4.98 Å². The van der Waals surface area contributed by atoms with E-state index in [4.69, 9.17) is 11.6 Å². The highest BCUT2D eigenvalue weighted by atomic mass is 35.5. The first kappa shape index (κ1) is 12.8. The average Bonchev–Trinajstić information content (AvgIpc) is 2.85. The number of hydrogen-bond acceptors (Lipinski definition) is 5. The molecule has 2 rings (SSSR count). The molecule has 0 fully saturated rings. The van der Waals surface area contributed by atoms with Crippen molar-refractivity contribution in [2.45, 2.75) is 13.0 Å². The molecule has 18 heavy (non-hydrogen) atoms. The van der Waals surface area contributed by atoms with Crippen LogP contribution in [0.25, 0.3) is 0 Å². The number of thiazole rings is 1. The second-order valence-electron chi connectivity index (χ2n) is 3.63. The molecule has 0 aliphatic rings. The molecule has 0 saturated carbocycles. The van der Waals surface area contributed by atoms with Crippen LogP contribution >= 0.6 is 22.9 Å². The number of halogens is 1. The first-order valence-electron chi connectivity index (χ1n) is 5.18. The van der Waals surface area contributed by atoms with Crippen LogP contribution in [0.2, 0.25) is 5.02 Å². The van der Waals surface area contributed by atoms with E-state index in [0.717, 1.165) is 5.01 Å². The second-order valence-corrected chi connectivity index (χ2v) is 4.96. The Morgan fingerprint density at radius 2 is 2.33 bits per heavy atom. The third-order valence-corrected chi connectivity index (χ3v) is 3.64. The lowest BCUT2D eigenvalue weighted by atomic mass is 10.2. The van der Waals surface area contributed by atoms with E-state index in [-0.39, 0.29) is 11.7 Å². The summed E-state index contributed by atoms with van der Waals surface area (Å²) in [4.78, 5) is 14.6. The van der Waals surface area contributed by atoms with Crippen LogP contribution in [-0.4, -0.2) is 9.91 Å². The molecule has 2 aromatic rings. The highest BCUT2D eigenvalue weighted by Crippen LogP contribution is 2.34. The first-order valence-corrected chi connectivity index (χ1v) is 6.44. The van der Waals surface area contributed by atoms with Crippen molar-refractivity contribution in [3.63, 3.8) is 0 Å². The summed E-state index contributed by atoms with van der Waals surface area (Å²) >= 11 is 7.48. The summed E-state index contributed by atoms with van der Waals surface area (Å²) in [7, 11) is 0. The van der Waals surface area contributed by atoms with E-state index in [1.165, 1.54) is 17.4 Å². The third kappa shape index (κ3) is 2.60. The fourth-order valence-corrected chi connectivity index (χ4v) is 2.40. The van der Waals surface area contributed by atoms with E-state index in [1.54, 1.807) is 18.3 Å². The highest BCUT2D eigenvalue weighted by Gasteiger charge is 2.19. The van der Waals surface area contributed by atoms with E-state index >= 15 is 0 Å². The van der Waals surface area contributed by atoms with Gasteiger partial charge in [-0.05, 0) is 13.0 Å². The summed E-state index contributed by atoms with van der Waals surface area (Å²) in [6, 6.07) is 4.46. The van der Waals surface area contributed by atoms with Crippen LogP contribution in [0.1, 0.15) is 18.0 Å². The summed E-state index contributed by atoms with van der Waals surface area (Å²) in [5.74, 6) is 0. The van der Waals surface area contributed by atoms with Gasteiger partial charge in [0.1, 0.15) is 10.7 Å². The van der Waals surface area contributed by atoms with Gasteiger partial charge in [0.25, 0.3) is 5.69 Å². The van der Waals surface area contributed by atoms with Crippen LogP contribution in [0.4, 0.5) is 11.4 Å². The number of hydrogen-bond donors (Lipinski definition) is 1. The molecule has 0 amide bonds. The van der Waals surface area contributed by atoms with Gasteiger partial charge in [-0.15, -0.1) is 11.3 Å². The molecule has 7 heteroatoms. The van der Waals surface area contributed by atoms with Crippen LogP contribution in [0.5, 0.6) is 0 Å². The monoisotopic (exact) mass is 283 g/mol. The Kier molecular flexibility index (Phi) is 3.78. The fraction of sp³-hybridized carbons (Fsp3) is 0.182. The number of nitrogens with one attached hydrogen (secondary N) is 1. The smallest absolute Gasteiger partial charge is 0.293 e. The zero-order valence-corrected chi connectivity index (χ0v) is 11.0. The second kappa shape index (κ2) is 5.32. The molecular formula is C11H10ClN3O2S. The lowest BCUT2D eigenvalue weighted by Crippen LogP contribution is -2.08. The predicted octanol–water partition coefficient (Wildman–Crippen LogP) is 3.88. The summed E-state index contributed by atoms with van der Waals surface area (Å²) in [5, 5.41) is 17.0. The zero-order chi connectivity index (χ0) is 13.1. The van der Waals surface area contributed by atoms with Gasteiger partial charge in [0.2, 0.25) is 0 Å². The topological polar surface area (TPSA) is 68.1 Å². The van der Waals surface area contributed by atoms with Gasteiger partial charge in [-0.2, -0.15) is 0 Å². The Balaban J connectivity index is 2.31. The molecule has 0 aliphatic heterocycles. The van der Waals surface area contributed by atoms with Crippen LogP contribution in [-0.2, 0) is 0 Å². The van der Waals surface area contributed by atoms with E-state index in [0.29, 0.717) is 10.7 Å². The normalized spacial score (nSPS) is 12.1. The van der Waals surface area contributed by atoms with Crippen molar-refractivity contribution >= 4 is 34.3 Å². The number of rotatable bonds is 4. The van der Waals surface area contributed by atoms with Crippen molar-refractivity contribution in [1.29, 1.82) is 0 Å². The maximum atomic E-state index is 10.9. The van der Waals surface area contributed by atoms with Gasteiger partial charge in [-0.1, -0.05) is 17.7 Å². The molecular weight excluding hydrogens is 274 g/mol. The predicted molar refractivity (Wildman–Crippen MR) is 72.3 cm³/mol. The van der Waals surface area contributed by atoms with Crippen molar-refractivity contribution in [3.8, 4) is 0 Å². The van der Waals surface area contributed by atoms with Gasteiger partial charge in [0.05, 0.1) is 16.0 Å². The number of nitro benzene ring substituents is 1. The van der Waals surface area contributed by atoms with Crippen LogP contribution < -0.4 is 5.32 Å². The molecule has 0 spiro atoms. The minimum Gasteiger partial charge on any atom is -0.369 e. The molecule has 1 atom stereocenters. The van der Waals surface area contributed by atoms with Crippen molar-refractivity contribution < 1.29 is 4.92 Å². The number of nitrogens with zero attached hydrogens (tertiary/aromatic N) is 2. The Morgan fingerprint density at radius 1 is 1.56 bits per heavy atom. The van der Waals surface area contributed by atoms with Crippen LogP contribution in [0.3, 0.4) is 0 Å². The lowest BCUT2D eigenvalue weighted by molar-refractivity contribution is -0.384. The largest absolute Gasteiger partial charge is 0.369 e. The van der Waals surface area contributed by atoms with Gasteiger partial charge in [-0.25, -0.2) is 4.98 Å². The van der Waals surface area contributed by atoms with Crippen molar-refractivity contribution in [2.24, 2.45) is 0 Å². The van der Waals surface area contributed by atoms with E-state index in [2.05, 4.69) is 10.3 Å². The molecule has 0 bridgehead atoms. The van der Waals surface area contributed by atoms with Crippen molar-refractivity contribution in [3.05, 3.63) is 49.9 Å². The van der Waals surface area contributed by atoms with E-state index in [1.807, 2.05) is 12.3 Å².